The Bertz CT molecular complexity index is 1710. The molecular formula is C30H30N6O6S2. The highest BCUT2D eigenvalue weighted by molar-refractivity contribution is 8.01. The lowest BCUT2D eigenvalue weighted by Gasteiger charge is -2.38. The quantitative estimate of drug-likeness (QED) is 0.298. The van der Waals surface area contributed by atoms with Crippen molar-refractivity contribution >= 4 is 45.6 Å². The fourth-order valence-electron chi connectivity index (χ4n) is 5.25. The van der Waals surface area contributed by atoms with E-state index in [1.807, 2.05) is 0 Å². The first-order chi connectivity index (χ1) is 21.3. The van der Waals surface area contributed by atoms with E-state index in [1.165, 1.54) is 37.3 Å². The molecule has 12 nitrogen and oxygen atoms in total. The lowest BCUT2D eigenvalue weighted by molar-refractivity contribution is -0.116. The number of thioether (sulfide) groups is 1. The van der Waals surface area contributed by atoms with Gasteiger partial charge in [0.15, 0.2) is 10.1 Å². The van der Waals surface area contributed by atoms with Crippen LogP contribution in [-0.4, -0.2) is 56.1 Å². The number of nitrogens with zero attached hydrogens (tertiary/aromatic N) is 4. The van der Waals surface area contributed by atoms with Gasteiger partial charge in [-0.15, -0.1) is 10.2 Å². The standard InChI is InChI=1S/C30H30N6O6S2/c1-39-16-9-11-23(41-3)20(12-16)33-25(38)15-43-30-35-34-29(44-30)36-21-6-5-7-22(37)27(21)26(19(14-31)28(36)32)18-10-8-17(40-2)13-24(18)42-4/h8-13,26H,5-7,15,32H2,1-4H3,(H,33,38). The summed E-state index contributed by atoms with van der Waals surface area (Å²) in [4.78, 5) is 27.9. The van der Waals surface area contributed by atoms with E-state index < -0.39 is 5.92 Å². The molecule has 0 saturated carbocycles. The number of amides is 1. The molecule has 44 heavy (non-hydrogen) atoms. The third-order valence-electron chi connectivity index (χ3n) is 7.26. The third kappa shape index (κ3) is 5.88. The van der Waals surface area contributed by atoms with Crippen molar-refractivity contribution < 1.29 is 28.5 Å². The van der Waals surface area contributed by atoms with Gasteiger partial charge in [-0.3, -0.25) is 14.5 Å². The van der Waals surface area contributed by atoms with Crippen molar-refractivity contribution in [2.24, 2.45) is 5.73 Å². The van der Waals surface area contributed by atoms with Gasteiger partial charge in [-0.1, -0.05) is 29.2 Å². The second-order valence-electron chi connectivity index (χ2n) is 9.68. The first-order valence-corrected chi connectivity index (χ1v) is 15.3. The fourth-order valence-corrected chi connectivity index (χ4v) is 6.93. The Kier molecular flexibility index (Phi) is 9.26. The van der Waals surface area contributed by atoms with E-state index in [1.54, 1.807) is 55.5 Å². The Labute approximate surface area is 262 Å². The molecule has 1 aliphatic heterocycles. The number of nitrogens with two attached hydrogens (primary N) is 1. The average molecular weight is 635 g/mol. The van der Waals surface area contributed by atoms with Gasteiger partial charge >= 0.3 is 0 Å². The molecule has 3 aromatic rings. The van der Waals surface area contributed by atoms with Crippen molar-refractivity contribution in [1.29, 1.82) is 5.26 Å². The van der Waals surface area contributed by atoms with E-state index in [4.69, 9.17) is 24.7 Å². The molecule has 0 bridgehead atoms. The summed E-state index contributed by atoms with van der Waals surface area (Å²) in [6.07, 6.45) is 1.54. The summed E-state index contributed by atoms with van der Waals surface area (Å²) in [5.74, 6) is 1.30. The number of Topliss-reactive ketones (excluding diaryl/α,β-unsaturated/α-hetero) is 1. The fraction of sp³-hybridized carbons (Fsp3) is 0.300. The molecule has 5 rings (SSSR count). The van der Waals surface area contributed by atoms with E-state index in [2.05, 4.69) is 21.6 Å². The zero-order valence-corrected chi connectivity index (χ0v) is 26.1. The summed E-state index contributed by atoms with van der Waals surface area (Å²) in [5.41, 5.74) is 9.17. The number of carbonyl (C=O) groups excluding carboxylic acids is 2. The summed E-state index contributed by atoms with van der Waals surface area (Å²) in [6.45, 7) is 0. The van der Waals surface area contributed by atoms with Crippen LogP contribution in [0.3, 0.4) is 0 Å². The monoisotopic (exact) mass is 634 g/mol. The van der Waals surface area contributed by atoms with Gasteiger partial charge in [0.25, 0.3) is 0 Å². The van der Waals surface area contributed by atoms with Gasteiger partial charge in [0, 0.05) is 35.4 Å². The normalized spacial score (nSPS) is 16.3. The highest BCUT2D eigenvalue weighted by Crippen LogP contribution is 2.49. The lowest BCUT2D eigenvalue weighted by atomic mass is 9.75. The first-order valence-electron chi connectivity index (χ1n) is 13.5. The van der Waals surface area contributed by atoms with E-state index in [0.717, 1.165) is 0 Å². The van der Waals surface area contributed by atoms with Gasteiger partial charge in [-0.25, -0.2) is 0 Å². The first kappa shape index (κ1) is 30.7. The van der Waals surface area contributed by atoms with Crippen LogP contribution in [0.25, 0.3) is 0 Å². The van der Waals surface area contributed by atoms with Crippen molar-refractivity contribution in [3.8, 4) is 29.1 Å². The number of carbonyl (C=O) groups is 2. The summed E-state index contributed by atoms with van der Waals surface area (Å²) in [5, 5.41) is 22.2. The molecule has 0 fully saturated rings. The van der Waals surface area contributed by atoms with Crippen LogP contribution in [0.5, 0.6) is 23.0 Å². The molecule has 3 N–H and O–H groups in total. The molecule has 2 heterocycles. The van der Waals surface area contributed by atoms with Crippen molar-refractivity contribution in [1.82, 2.24) is 10.2 Å². The highest BCUT2D eigenvalue weighted by Gasteiger charge is 2.42. The Morgan fingerprint density at radius 1 is 1.07 bits per heavy atom. The van der Waals surface area contributed by atoms with Crippen molar-refractivity contribution in [2.75, 3.05) is 44.4 Å². The minimum absolute atomic E-state index is 0.0511. The molecule has 0 radical (unpaired) electrons. The molecule has 1 atom stereocenters. The number of nitrogens with one attached hydrogen (secondary N) is 1. The van der Waals surface area contributed by atoms with E-state index >= 15 is 0 Å². The molecule has 2 aliphatic rings. The predicted octanol–water partition coefficient (Wildman–Crippen LogP) is 4.61. The maximum Gasteiger partial charge on any atom is 0.234 e. The summed E-state index contributed by atoms with van der Waals surface area (Å²) >= 11 is 2.42. The number of rotatable bonds is 10. The van der Waals surface area contributed by atoms with Gasteiger partial charge in [-0.05, 0) is 31.0 Å². The van der Waals surface area contributed by atoms with Gasteiger partial charge in [0.05, 0.1) is 57.4 Å². The third-order valence-corrected chi connectivity index (χ3v) is 9.30. The van der Waals surface area contributed by atoms with Crippen molar-refractivity contribution in [3.05, 3.63) is 64.6 Å². The Morgan fingerprint density at radius 2 is 1.80 bits per heavy atom. The molecular weight excluding hydrogens is 605 g/mol. The molecule has 1 aromatic heterocycles. The van der Waals surface area contributed by atoms with Crippen LogP contribution in [-0.2, 0) is 9.59 Å². The number of methoxy groups -OCH3 is 4. The van der Waals surface area contributed by atoms with Crippen molar-refractivity contribution in [3.63, 3.8) is 0 Å². The Hall–Kier alpha value is -4.74. The summed E-state index contributed by atoms with van der Waals surface area (Å²) in [6, 6.07) is 12.6. The van der Waals surface area contributed by atoms with Gasteiger partial charge in [0.2, 0.25) is 11.0 Å². The summed E-state index contributed by atoms with van der Waals surface area (Å²) in [7, 11) is 6.14. The van der Waals surface area contributed by atoms with Crippen LogP contribution in [0.15, 0.2) is 63.4 Å². The number of ether oxygens (including phenoxy) is 4. The minimum atomic E-state index is -0.709. The minimum Gasteiger partial charge on any atom is -0.497 e. The second-order valence-corrected chi connectivity index (χ2v) is 11.9. The number of nitriles is 1. The number of anilines is 2. The van der Waals surface area contributed by atoms with Crippen LogP contribution >= 0.6 is 23.1 Å². The number of allylic oxidation sites excluding steroid dienone is 3. The van der Waals surface area contributed by atoms with Crippen molar-refractivity contribution in [2.45, 2.75) is 29.5 Å². The zero-order valence-electron chi connectivity index (χ0n) is 24.5. The van der Waals surface area contributed by atoms with Gasteiger partial charge in [-0.2, -0.15) is 5.26 Å². The second kappa shape index (κ2) is 13.3. The lowest BCUT2D eigenvalue weighted by Crippen LogP contribution is -2.38. The number of aromatic nitrogens is 2. The van der Waals surface area contributed by atoms with Crippen LogP contribution in [0, 0.1) is 11.3 Å². The molecule has 1 amide bonds. The maximum atomic E-state index is 13.5. The van der Waals surface area contributed by atoms with E-state index in [-0.39, 0.29) is 28.8 Å². The zero-order chi connectivity index (χ0) is 31.4. The largest absolute Gasteiger partial charge is 0.497 e. The van der Waals surface area contributed by atoms with Crippen LogP contribution < -0.4 is 34.9 Å². The number of hydrogen-bond acceptors (Lipinski definition) is 13. The smallest absolute Gasteiger partial charge is 0.234 e. The van der Waals surface area contributed by atoms with Crippen LogP contribution in [0.2, 0.25) is 0 Å². The topological polar surface area (TPSA) is 162 Å². The highest BCUT2D eigenvalue weighted by atomic mass is 32.2. The average Bonchev–Trinajstić information content (AvgIpc) is 3.51. The summed E-state index contributed by atoms with van der Waals surface area (Å²) < 4.78 is 22.1. The Morgan fingerprint density at radius 3 is 2.50 bits per heavy atom. The molecule has 0 saturated heterocycles. The molecule has 0 spiro atoms. The van der Waals surface area contributed by atoms with E-state index in [0.29, 0.717) is 74.3 Å². The molecule has 1 aliphatic carbocycles. The van der Waals surface area contributed by atoms with Crippen LogP contribution in [0.4, 0.5) is 10.8 Å². The van der Waals surface area contributed by atoms with Gasteiger partial charge < -0.3 is 30.0 Å². The van der Waals surface area contributed by atoms with Crippen LogP contribution in [0.1, 0.15) is 30.7 Å². The van der Waals surface area contributed by atoms with Gasteiger partial charge in [0.1, 0.15) is 28.8 Å². The number of benzene rings is 2. The number of hydrogen-bond donors (Lipinski definition) is 2. The molecule has 228 valence electrons. The molecule has 14 heteroatoms. The Balaban J connectivity index is 1.43. The van der Waals surface area contributed by atoms with E-state index in [9.17, 15) is 14.9 Å². The molecule has 2 aromatic carbocycles. The SMILES string of the molecule is COc1ccc(OC)c(NC(=O)CSc2nnc(N3C(N)=C(C#N)C(c4ccc(OC)cc4OC)C4=C3CCCC4=O)s2)c1. The number of ketones is 1. The molecule has 1 unspecified atom stereocenters. The maximum absolute atomic E-state index is 13.5. The predicted molar refractivity (Wildman–Crippen MR) is 166 cm³/mol.